The Morgan fingerprint density at radius 2 is 0.667 bits per heavy atom. The van der Waals surface area contributed by atoms with E-state index >= 15 is 0 Å². The van der Waals surface area contributed by atoms with Gasteiger partial charge in [-0.3, -0.25) is 9.13 Å². The van der Waals surface area contributed by atoms with Crippen LogP contribution in [0.25, 0.3) is 216 Å². The summed E-state index contributed by atoms with van der Waals surface area (Å²) >= 11 is 3.73. The minimum Gasteiger partial charge on any atom is -0.455 e. The summed E-state index contributed by atoms with van der Waals surface area (Å²) in [5.74, 6) is 0. The van der Waals surface area contributed by atoms with Crippen LogP contribution in [0, 0.1) is 0 Å². The SMILES string of the molecule is c1ccc(-n2ccc3c4c(ccc5c6ccccc6oc54)c(-c4ccc5ccccc5c4)cc32)cc1.c1ccc(-n2cnc3c4c(ccc5c6ccccc6sc54)c(-c4ccc5c(c4)c4ccccc4n5-c4ccccc4)cc32)cc1.c1ccc(N(c2ccccc2)c2ccc(-c3cc4c(ncn4-c4ccccc4)c4c3ccc3c5ccccc5sc34)cc2)cc1. The van der Waals surface area contributed by atoms with Crippen molar-refractivity contribution in [3.05, 3.63) is 443 Å². The van der Waals surface area contributed by atoms with Crippen LogP contribution in [0.2, 0.25) is 0 Å². The quantitative estimate of drug-likeness (QED) is 0.137. The van der Waals surface area contributed by atoms with Gasteiger partial charge in [0, 0.05) is 129 Å². The Labute approximate surface area is 731 Å². The predicted octanol–water partition coefficient (Wildman–Crippen LogP) is 32.5. The van der Waals surface area contributed by atoms with Crippen LogP contribution in [0.4, 0.5) is 17.1 Å². The molecule has 7 aromatic heterocycles. The summed E-state index contributed by atoms with van der Waals surface area (Å²) in [7, 11) is 0. The third kappa shape index (κ3) is 11.9. The van der Waals surface area contributed by atoms with Crippen LogP contribution in [0.1, 0.15) is 0 Å². The smallest absolute Gasteiger partial charge is 0.143 e. The Kier molecular flexibility index (Phi) is 17.2. The van der Waals surface area contributed by atoms with Crippen molar-refractivity contribution in [3.63, 3.8) is 0 Å². The Morgan fingerprint density at radius 3 is 1.25 bits per heavy atom. The lowest BCUT2D eigenvalue weighted by molar-refractivity contribution is 0.673. The first kappa shape index (κ1) is 72.6. The highest BCUT2D eigenvalue weighted by atomic mass is 32.1. The first-order chi connectivity index (χ1) is 62.5. The topological polar surface area (TPSA) is 61.9 Å². The molecule has 0 aliphatic carbocycles. The molecule has 0 unspecified atom stereocenters. The largest absolute Gasteiger partial charge is 0.455 e. The summed E-state index contributed by atoms with van der Waals surface area (Å²) < 4.78 is 20.8. The van der Waals surface area contributed by atoms with E-state index in [0.717, 1.165) is 78.1 Å². The van der Waals surface area contributed by atoms with Gasteiger partial charge in [0.05, 0.1) is 38.6 Å². The van der Waals surface area contributed by atoms with E-state index in [1.54, 1.807) is 0 Å². The minimum absolute atomic E-state index is 0.923. The van der Waals surface area contributed by atoms with E-state index in [1.807, 2.05) is 41.4 Å². The third-order valence-corrected chi connectivity index (χ3v) is 27.7. The second-order valence-corrected chi connectivity index (χ2v) is 34.4. The van der Waals surface area contributed by atoms with Gasteiger partial charge < -0.3 is 18.5 Å². The molecule has 10 heteroatoms. The standard InChI is InChI=1S/C41H25N3S.C41H27N3S.C34H21NO/c1-3-11-27(12-4-1)43-25-42-40-37(43)24-33(31-20-21-32-30-16-8-10-18-38(30)45-41(32)39(31)40)26-19-22-36-34(23-26)29-15-7-9-17-35(29)44(36)28-13-5-2-6-14-28;1-4-12-29(13-5-1)43-27-42-40-37(43)26-36(34-24-25-35-33-18-10-11-19-38(33)45-41(35)39(34)40)28-20-22-32(23-21-28)44(30-14-6-2-7-15-30)31-16-8-3-9-17-31;1-2-10-25(11-3-1)35-19-18-29-31(35)21-30(24-15-14-22-8-4-5-9-23(22)20-24)27-16-17-28-26-12-6-7-13-32(26)36-34(28)33(27)29/h1-25H;1-27H;1-21H. The molecule has 0 aliphatic rings. The molecule has 0 saturated heterocycles. The van der Waals surface area contributed by atoms with Gasteiger partial charge in [-0.15, -0.1) is 22.7 Å². The van der Waals surface area contributed by atoms with E-state index in [2.05, 4.69) is 448 Å². The number of benzene rings is 20. The van der Waals surface area contributed by atoms with Gasteiger partial charge in [-0.25, -0.2) is 9.97 Å². The van der Waals surface area contributed by atoms with E-state index in [1.165, 1.54) is 155 Å². The van der Waals surface area contributed by atoms with Gasteiger partial charge in [0.25, 0.3) is 0 Å². The summed E-state index contributed by atoms with van der Waals surface area (Å²) in [5.41, 5.74) is 24.9. The molecule has 8 nitrogen and oxygen atoms in total. The van der Waals surface area contributed by atoms with E-state index in [0.29, 0.717) is 0 Å². The van der Waals surface area contributed by atoms with Crippen molar-refractivity contribution in [2.75, 3.05) is 4.90 Å². The van der Waals surface area contributed by atoms with Gasteiger partial charge in [-0.2, -0.15) is 0 Å². The maximum Gasteiger partial charge on any atom is 0.143 e. The Hall–Kier alpha value is -16.2. The molecule has 0 aliphatic heterocycles. The summed E-state index contributed by atoms with van der Waals surface area (Å²) in [6.07, 6.45) is 6.12. The van der Waals surface area contributed by atoms with Gasteiger partial charge in [-0.1, -0.05) is 267 Å². The van der Waals surface area contributed by atoms with Crippen molar-refractivity contribution in [3.8, 4) is 56.1 Å². The van der Waals surface area contributed by atoms with Crippen molar-refractivity contribution < 1.29 is 4.42 Å². The molecular formula is C116H73N7OS2. The Bertz CT molecular complexity index is 8920. The summed E-state index contributed by atoms with van der Waals surface area (Å²) in [4.78, 5) is 12.4. The van der Waals surface area contributed by atoms with Crippen molar-refractivity contribution in [2.45, 2.75) is 0 Å². The molecule has 590 valence electrons. The second kappa shape index (κ2) is 29.8. The van der Waals surface area contributed by atoms with Crippen LogP contribution < -0.4 is 4.90 Å². The van der Waals surface area contributed by atoms with Crippen molar-refractivity contribution in [1.29, 1.82) is 0 Å². The minimum atomic E-state index is 0.923. The molecule has 0 amide bonds. The normalized spacial score (nSPS) is 11.8. The molecule has 0 saturated carbocycles. The molecule has 7 heterocycles. The number of fused-ring (bicyclic) bond motifs is 25. The highest BCUT2D eigenvalue weighted by molar-refractivity contribution is 7.27. The summed E-state index contributed by atoms with van der Waals surface area (Å²) in [6, 6.07) is 152. The second-order valence-electron chi connectivity index (χ2n) is 32.3. The number of hydrogen-bond donors (Lipinski definition) is 0. The first-order valence-electron chi connectivity index (χ1n) is 42.6. The molecule has 0 radical (unpaired) electrons. The van der Waals surface area contributed by atoms with E-state index in [9.17, 15) is 0 Å². The number of para-hydroxylation sites is 8. The molecule has 0 fully saturated rings. The zero-order valence-corrected chi connectivity index (χ0v) is 69.6. The lowest BCUT2D eigenvalue weighted by atomic mass is 9.93. The third-order valence-electron chi connectivity index (χ3n) is 25.3. The molecule has 0 N–H and O–H groups in total. The van der Waals surface area contributed by atoms with E-state index in [-0.39, 0.29) is 0 Å². The monoisotopic (exact) mass is 1640 g/mol. The lowest BCUT2D eigenvalue weighted by Crippen LogP contribution is -2.09. The van der Waals surface area contributed by atoms with Crippen molar-refractivity contribution in [1.82, 2.24) is 28.2 Å². The molecule has 126 heavy (non-hydrogen) atoms. The van der Waals surface area contributed by atoms with Crippen LogP contribution in [0.3, 0.4) is 0 Å². The van der Waals surface area contributed by atoms with Crippen LogP contribution in [0.5, 0.6) is 0 Å². The number of nitrogens with zero attached hydrogens (tertiary/aromatic N) is 7. The Balaban J connectivity index is 0.000000104. The summed E-state index contributed by atoms with van der Waals surface area (Å²) in [5, 5.41) is 20.9. The summed E-state index contributed by atoms with van der Waals surface area (Å²) in [6.45, 7) is 0. The first-order valence-corrected chi connectivity index (χ1v) is 44.3. The molecule has 20 aromatic carbocycles. The number of thiophene rings is 2. The molecular weight excluding hydrogens is 1570 g/mol. The molecule has 27 aromatic rings. The highest BCUT2D eigenvalue weighted by Crippen LogP contribution is 2.50. The van der Waals surface area contributed by atoms with E-state index in [4.69, 9.17) is 14.4 Å². The number of imidazole rings is 2. The van der Waals surface area contributed by atoms with Gasteiger partial charge in [-0.05, 0) is 218 Å². The highest BCUT2D eigenvalue weighted by Gasteiger charge is 2.25. The predicted molar refractivity (Wildman–Crippen MR) is 534 cm³/mol. The molecule has 27 rings (SSSR count). The zero-order valence-electron chi connectivity index (χ0n) is 68.0. The van der Waals surface area contributed by atoms with Gasteiger partial charge in [0.15, 0.2) is 0 Å². The van der Waals surface area contributed by atoms with Gasteiger partial charge >= 0.3 is 0 Å². The molecule has 0 atom stereocenters. The maximum absolute atomic E-state index is 6.54. The average molecular weight is 1650 g/mol. The fourth-order valence-electron chi connectivity index (χ4n) is 19.5. The lowest BCUT2D eigenvalue weighted by Gasteiger charge is -2.25. The van der Waals surface area contributed by atoms with E-state index < -0.39 is 0 Å². The van der Waals surface area contributed by atoms with Gasteiger partial charge in [0.1, 0.15) is 23.8 Å². The van der Waals surface area contributed by atoms with Crippen molar-refractivity contribution >= 4 is 200 Å². The number of hydrogen-bond acceptors (Lipinski definition) is 6. The van der Waals surface area contributed by atoms with Crippen LogP contribution in [0.15, 0.2) is 448 Å². The van der Waals surface area contributed by atoms with Crippen LogP contribution in [-0.2, 0) is 0 Å². The fraction of sp³-hybridized carbons (Fsp3) is 0. The fourth-order valence-corrected chi connectivity index (χ4v) is 22.0. The number of anilines is 3. The van der Waals surface area contributed by atoms with Crippen LogP contribution in [-0.4, -0.2) is 28.2 Å². The Morgan fingerprint density at radius 1 is 0.246 bits per heavy atom. The van der Waals surface area contributed by atoms with Crippen molar-refractivity contribution in [2.24, 2.45) is 0 Å². The molecule has 0 bridgehead atoms. The van der Waals surface area contributed by atoms with Crippen LogP contribution >= 0.6 is 22.7 Å². The number of rotatable bonds is 10. The zero-order chi connectivity index (χ0) is 82.9. The van der Waals surface area contributed by atoms with Gasteiger partial charge in [0.2, 0.25) is 0 Å². The maximum atomic E-state index is 6.54. The molecule has 0 spiro atoms. The number of furan rings is 1. The number of aromatic nitrogens is 6. The average Bonchev–Trinajstić information content (AvgIpc) is 1.57.